The Morgan fingerprint density at radius 3 is 2.82 bits per heavy atom. The monoisotopic (exact) mass is 246 g/mol. The molecule has 2 aromatic rings. The minimum Gasteiger partial charge on any atom is -0.300 e. The Labute approximate surface area is 105 Å². The average molecular weight is 246 g/mol. The predicted molar refractivity (Wildman–Crippen MR) is 69.0 cm³/mol. The van der Waals surface area contributed by atoms with Crippen LogP contribution in [0.15, 0.2) is 29.9 Å². The van der Waals surface area contributed by atoms with Crippen LogP contribution in [0.3, 0.4) is 0 Å². The number of carbonyl (C=O) groups is 1. The Balaban J connectivity index is 1.99. The summed E-state index contributed by atoms with van der Waals surface area (Å²) in [5, 5.41) is 3.15. The minimum atomic E-state index is 0.246. The van der Waals surface area contributed by atoms with Gasteiger partial charge < -0.3 is 4.79 Å². The molecular formula is C13H14N2OS. The summed E-state index contributed by atoms with van der Waals surface area (Å²) >= 11 is 1.65. The zero-order chi connectivity index (χ0) is 12.1. The third-order valence-electron chi connectivity index (χ3n) is 2.45. The van der Waals surface area contributed by atoms with Crippen molar-refractivity contribution in [1.82, 2.24) is 9.97 Å². The topological polar surface area (TPSA) is 42.9 Å². The fourth-order valence-electron chi connectivity index (χ4n) is 1.57. The average Bonchev–Trinajstić information content (AvgIpc) is 2.78. The number of Topliss-reactive ketones (excluding diaryl/α,β-unsaturated/α-hetero) is 1. The number of hydrogen-bond acceptors (Lipinski definition) is 4. The Hall–Kier alpha value is -1.55. The number of nitrogens with zero attached hydrogens (tertiary/aromatic N) is 2. The van der Waals surface area contributed by atoms with E-state index in [2.05, 4.69) is 15.3 Å². The van der Waals surface area contributed by atoms with Gasteiger partial charge in [0.2, 0.25) is 0 Å². The first-order chi connectivity index (χ1) is 8.25. The normalized spacial score (nSPS) is 10.4. The molecule has 0 unspecified atom stereocenters. The quantitative estimate of drug-likeness (QED) is 0.814. The third-order valence-corrected chi connectivity index (χ3v) is 3.36. The van der Waals surface area contributed by atoms with Crippen molar-refractivity contribution in [2.45, 2.75) is 26.2 Å². The number of ketones is 1. The lowest BCUT2D eigenvalue weighted by molar-refractivity contribution is -0.117. The Bertz CT molecular complexity index is 493. The molecule has 0 spiro atoms. The summed E-state index contributed by atoms with van der Waals surface area (Å²) in [4.78, 5) is 19.4. The number of pyridine rings is 1. The van der Waals surface area contributed by atoms with Gasteiger partial charge in [0.1, 0.15) is 5.78 Å². The molecule has 0 saturated heterocycles. The fourth-order valence-corrected chi connectivity index (χ4v) is 2.42. The van der Waals surface area contributed by atoms with Crippen molar-refractivity contribution in [3.63, 3.8) is 0 Å². The number of carbonyl (C=O) groups excluding carboxylic acids is 1. The van der Waals surface area contributed by atoms with Gasteiger partial charge in [-0.25, -0.2) is 4.98 Å². The molecule has 2 aromatic heterocycles. The number of thiazole rings is 1. The second-order valence-corrected chi connectivity index (χ2v) is 4.86. The Morgan fingerprint density at radius 1 is 1.35 bits per heavy atom. The maximum absolute atomic E-state index is 10.8. The van der Waals surface area contributed by atoms with Crippen LogP contribution < -0.4 is 0 Å². The van der Waals surface area contributed by atoms with Crippen LogP contribution in [-0.2, 0) is 11.2 Å². The molecule has 0 aromatic carbocycles. The van der Waals surface area contributed by atoms with Crippen LogP contribution in [-0.4, -0.2) is 15.8 Å². The second kappa shape index (κ2) is 5.68. The number of hydrogen-bond donors (Lipinski definition) is 0. The lowest BCUT2D eigenvalue weighted by atomic mass is 10.2. The van der Waals surface area contributed by atoms with Crippen LogP contribution in [0.25, 0.3) is 11.3 Å². The van der Waals surface area contributed by atoms with Crippen molar-refractivity contribution in [3.8, 4) is 11.3 Å². The molecule has 17 heavy (non-hydrogen) atoms. The van der Waals surface area contributed by atoms with Gasteiger partial charge in [-0.15, -0.1) is 11.3 Å². The maximum Gasteiger partial charge on any atom is 0.129 e. The van der Waals surface area contributed by atoms with E-state index in [4.69, 9.17) is 0 Å². The van der Waals surface area contributed by atoms with Crippen molar-refractivity contribution in [2.75, 3.05) is 0 Å². The Kier molecular flexibility index (Phi) is 3.98. The van der Waals surface area contributed by atoms with E-state index in [1.54, 1.807) is 30.7 Å². The minimum absolute atomic E-state index is 0.246. The number of rotatable bonds is 5. The van der Waals surface area contributed by atoms with Crippen molar-refractivity contribution >= 4 is 17.1 Å². The highest BCUT2D eigenvalue weighted by atomic mass is 32.1. The van der Waals surface area contributed by atoms with E-state index < -0.39 is 0 Å². The van der Waals surface area contributed by atoms with Crippen LogP contribution in [0.4, 0.5) is 0 Å². The van der Waals surface area contributed by atoms with Gasteiger partial charge in [0, 0.05) is 29.8 Å². The first-order valence-electron chi connectivity index (χ1n) is 5.60. The first kappa shape index (κ1) is 11.9. The van der Waals surface area contributed by atoms with E-state index in [0.29, 0.717) is 6.42 Å². The summed E-state index contributed by atoms with van der Waals surface area (Å²) in [5.74, 6) is 0.246. The van der Waals surface area contributed by atoms with Crippen LogP contribution in [0, 0.1) is 0 Å². The largest absolute Gasteiger partial charge is 0.300 e. The standard InChI is InChI=1S/C13H14N2OS/c1-10(16)3-2-4-13-15-12(9-17-13)11-5-7-14-8-6-11/h5-9H,2-4H2,1H3. The molecule has 88 valence electrons. The lowest BCUT2D eigenvalue weighted by Crippen LogP contribution is -1.92. The van der Waals surface area contributed by atoms with Crippen LogP contribution in [0.2, 0.25) is 0 Å². The van der Waals surface area contributed by atoms with Crippen molar-refractivity contribution in [3.05, 3.63) is 34.9 Å². The fraction of sp³-hybridized carbons (Fsp3) is 0.308. The van der Waals surface area contributed by atoms with Gasteiger partial charge in [-0.1, -0.05) is 0 Å². The zero-order valence-electron chi connectivity index (χ0n) is 9.72. The van der Waals surface area contributed by atoms with Gasteiger partial charge in [-0.05, 0) is 31.9 Å². The molecule has 0 aliphatic rings. The third kappa shape index (κ3) is 3.46. The lowest BCUT2D eigenvalue weighted by Gasteiger charge is -1.95. The van der Waals surface area contributed by atoms with Gasteiger partial charge in [0.15, 0.2) is 0 Å². The SMILES string of the molecule is CC(=O)CCCc1nc(-c2ccncc2)cs1. The number of aryl methyl sites for hydroxylation is 1. The molecule has 0 N–H and O–H groups in total. The van der Waals surface area contributed by atoms with Gasteiger partial charge >= 0.3 is 0 Å². The molecule has 0 radical (unpaired) electrons. The van der Waals surface area contributed by atoms with Crippen LogP contribution in [0.1, 0.15) is 24.8 Å². The summed E-state index contributed by atoms with van der Waals surface area (Å²) in [7, 11) is 0. The second-order valence-electron chi connectivity index (χ2n) is 3.92. The van der Waals surface area contributed by atoms with Gasteiger partial charge in [0.05, 0.1) is 10.7 Å². The van der Waals surface area contributed by atoms with E-state index in [1.807, 2.05) is 12.1 Å². The van der Waals surface area contributed by atoms with Crippen molar-refractivity contribution in [1.29, 1.82) is 0 Å². The van der Waals surface area contributed by atoms with Crippen molar-refractivity contribution in [2.24, 2.45) is 0 Å². The zero-order valence-corrected chi connectivity index (χ0v) is 10.5. The molecule has 2 heterocycles. The highest BCUT2D eigenvalue weighted by Crippen LogP contribution is 2.22. The van der Waals surface area contributed by atoms with Gasteiger partial charge in [0.25, 0.3) is 0 Å². The highest BCUT2D eigenvalue weighted by molar-refractivity contribution is 7.09. The molecule has 0 aliphatic carbocycles. The van der Waals surface area contributed by atoms with E-state index in [0.717, 1.165) is 29.1 Å². The van der Waals surface area contributed by atoms with Crippen LogP contribution in [0.5, 0.6) is 0 Å². The van der Waals surface area contributed by atoms with E-state index in [1.165, 1.54) is 0 Å². The molecule has 0 saturated carbocycles. The van der Waals surface area contributed by atoms with Crippen molar-refractivity contribution < 1.29 is 4.79 Å². The molecule has 0 bridgehead atoms. The molecule has 0 aliphatic heterocycles. The summed E-state index contributed by atoms with van der Waals surface area (Å²) in [6, 6.07) is 3.91. The summed E-state index contributed by atoms with van der Waals surface area (Å²) in [6.45, 7) is 1.63. The van der Waals surface area contributed by atoms with E-state index in [9.17, 15) is 4.79 Å². The smallest absolute Gasteiger partial charge is 0.129 e. The Morgan fingerprint density at radius 2 is 2.12 bits per heavy atom. The van der Waals surface area contributed by atoms with E-state index in [-0.39, 0.29) is 5.78 Å². The molecular weight excluding hydrogens is 232 g/mol. The summed E-state index contributed by atoms with van der Waals surface area (Å²) < 4.78 is 0. The number of aromatic nitrogens is 2. The molecule has 0 amide bonds. The first-order valence-corrected chi connectivity index (χ1v) is 6.48. The van der Waals surface area contributed by atoms with E-state index >= 15 is 0 Å². The molecule has 0 atom stereocenters. The highest BCUT2D eigenvalue weighted by Gasteiger charge is 2.04. The summed E-state index contributed by atoms with van der Waals surface area (Å²) in [6.07, 6.45) is 5.95. The van der Waals surface area contributed by atoms with Gasteiger partial charge in [-0.3, -0.25) is 4.98 Å². The molecule has 2 rings (SSSR count). The molecule has 0 fully saturated rings. The van der Waals surface area contributed by atoms with Gasteiger partial charge in [-0.2, -0.15) is 0 Å². The molecule has 4 heteroatoms. The summed E-state index contributed by atoms with van der Waals surface area (Å²) in [5.41, 5.74) is 2.09. The van der Waals surface area contributed by atoms with Crippen LogP contribution >= 0.6 is 11.3 Å². The predicted octanol–water partition coefficient (Wildman–Crippen LogP) is 3.12. The maximum atomic E-state index is 10.8. The molecule has 3 nitrogen and oxygen atoms in total.